The van der Waals surface area contributed by atoms with E-state index in [0.29, 0.717) is 0 Å². The van der Waals surface area contributed by atoms with Gasteiger partial charge in [-0.3, -0.25) is 0 Å². The van der Waals surface area contributed by atoms with Crippen LogP contribution in [0.4, 0.5) is 0 Å². The SMILES string of the molecule is N#CC(=O)OSCC1CC1C1CCC1. The molecular weight excluding hydrogens is 198 g/mol. The molecule has 0 bridgehead atoms. The molecule has 3 nitrogen and oxygen atoms in total. The van der Waals surface area contributed by atoms with Crippen LogP contribution in [-0.2, 0) is 8.98 Å². The first kappa shape index (κ1) is 9.85. The van der Waals surface area contributed by atoms with Gasteiger partial charge in [-0.25, -0.2) is 4.79 Å². The summed E-state index contributed by atoms with van der Waals surface area (Å²) in [5.41, 5.74) is 0. The molecule has 2 aliphatic carbocycles. The van der Waals surface area contributed by atoms with Gasteiger partial charge in [-0.15, -0.1) is 0 Å². The Hall–Kier alpha value is -0.690. The molecule has 2 atom stereocenters. The minimum Gasteiger partial charge on any atom is -0.380 e. The van der Waals surface area contributed by atoms with Gasteiger partial charge in [-0.2, -0.15) is 5.26 Å². The Morgan fingerprint density at radius 3 is 2.93 bits per heavy atom. The van der Waals surface area contributed by atoms with Crippen LogP contribution in [0, 0.1) is 29.1 Å². The standard InChI is InChI=1S/C10H13NO2S/c11-5-10(12)13-14-6-8-4-9(8)7-2-1-3-7/h7-9H,1-4,6H2. The summed E-state index contributed by atoms with van der Waals surface area (Å²) in [6.07, 6.45) is 5.47. The van der Waals surface area contributed by atoms with Crippen LogP contribution in [-0.4, -0.2) is 11.7 Å². The van der Waals surface area contributed by atoms with Gasteiger partial charge in [0.05, 0.1) is 12.0 Å². The van der Waals surface area contributed by atoms with Crippen molar-refractivity contribution in [3.05, 3.63) is 0 Å². The highest BCUT2D eigenvalue weighted by Crippen LogP contribution is 2.52. The van der Waals surface area contributed by atoms with Crippen molar-refractivity contribution in [1.82, 2.24) is 0 Å². The monoisotopic (exact) mass is 211 g/mol. The molecule has 0 aromatic heterocycles. The summed E-state index contributed by atoms with van der Waals surface area (Å²) in [7, 11) is 0. The molecule has 0 aromatic carbocycles. The highest BCUT2D eigenvalue weighted by atomic mass is 32.2. The zero-order valence-corrected chi connectivity index (χ0v) is 8.76. The lowest BCUT2D eigenvalue weighted by molar-refractivity contribution is -0.126. The molecule has 76 valence electrons. The second-order valence-corrected chi connectivity index (χ2v) is 4.85. The van der Waals surface area contributed by atoms with Gasteiger partial charge in [-0.1, -0.05) is 19.3 Å². The highest BCUT2D eigenvalue weighted by molar-refractivity contribution is 7.95. The first-order chi connectivity index (χ1) is 6.81. The van der Waals surface area contributed by atoms with Gasteiger partial charge in [-0.05, 0) is 24.2 Å². The summed E-state index contributed by atoms with van der Waals surface area (Å²) in [4.78, 5) is 10.5. The Bertz CT molecular complexity index is 270. The van der Waals surface area contributed by atoms with E-state index in [9.17, 15) is 4.79 Å². The molecule has 2 aliphatic rings. The average Bonchev–Trinajstić information content (AvgIpc) is 2.81. The third-order valence-corrected chi connectivity index (χ3v) is 4.07. The summed E-state index contributed by atoms with van der Waals surface area (Å²) in [5.74, 6) is 2.66. The van der Waals surface area contributed by atoms with Crippen molar-refractivity contribution < 1.29 is 8.98 Å². The Labute approximate surface area is 88.0 Å². The lowest BCUT2D eigenvalue weighted by atomic mass is 9.81. The van der Waals surface area contributed by atoms with E-state index in [1.54, 1.807) is 0 Å². The van der Waals surface area contributed by atoms with E-state index in [1.807, 2.05) is 0 Å². The molecule has 2 rings (SSSR count). The van der Waals surface area contributed by atoms with Gasteiger partial charge in [0.2, 0.25) is 0 Å². The Kier molecular flexibility index (Phi) is 2.97. The maximum atomic E-state index is 10.5. The molecular formula is C10H13NO2S. The summed E-state index contributed by atoms with van der Waals surface area (Å²) < 4.78 is 4.64. The van der Waals surface area contributed by atoms with Crippen molar-refractivity contribution in [2.75, 3.05) is 5.75 Å². The third kappa shape index (κ3) is 2.21. The molecule has 2 unspecified atom stereocenters. The van der Waals surface area contributed by atoms with Gasteiger partial charge < -0.3 is 4.18 Å². The molecule has 0 aromatic rings. The smallest absolute Gasteiger partial charge is 0.380 e. The van der Waals surface area contributed by atoms with E-state index in [4.69, 9.17) is 5.26 Å². The van der Waals surface area contributed by atoms with Crippen molar-refractivity contribution in [3.8, 4) is 6.07 Å². The molecule has 0 N–H and O–H groups in total. The minimum atomic E-state index is -0.782. The van der Waals surface area contributed by atoms with Crippen LogP contribution in [0.3, 0.4) is 0 Å². The largest absolute Gasteiger partial charge is 0.423 e. The normalized spacial score (nSPS) is 30.2. The van der Waals surface area contributed by atoms with Crippen LogP contribution in [0.1, 0.15) is 25.7 Å². The first-order valence-corrected chi connectivity index (χ1v) is 5.96. The van der Waals surface area contributed by atoms with Crippen LogP contribution in [0.25, 0.3) is 0 Å². The van der Waals surface area contributed by atoms with Crippen LogP contribution in [0.2, 0.25) is 0 Å². The fourth-order valence-corrected chi connectivity index (χ4v) is 2.87. The maximum Gasteiger partial charge on any atom is 0.423 e. The third-order valence-electron chi connectivity index (χ3n) is 3.24. The van der Waals surface area contributed by atoms with Crippen molar-refractivity contribution in [3.63, 3.8) is 0 Å². The fourth-order valence-electron chi connectivity index (χ4n) is 2.10. The van der Waals surface area contributed by atoms with Gasteiger partial charge >= 0.3 is 5.97 Å². The number of carbonyl (C=O) groups excluding carboxylic acids is 1. The van der Waals surface area contributed by atoms with Crippen molar-refractivity contribution in [1.29, 1.82) is 5.26 Å². The number of nitriles is 1. The molecule has 0 radical (unpaired) electrons. The average molecular weight is 211 g/mol. The van der Waals surface area contributed by atoms with Crippen LogP contribution in [0.5, 0.6) is 0 Å². The van der Waals surface area contributed by atoms with Crippen molar-refractivity contribution >= 4 is 18.0 Å². The quantitative estimate of drug-likeness (QED) is 0.528. The minimum absolute atomic E-state index is 0.733. The van der Waals surface area contributed by atoms with Crippen LogP contribution >= 0.6 is 12.0 Å². The first-order valence-electron chi connectivity index (χ1n) is 5.05. The van der Waals surface area contributed by atoms with E-state index in [-0.39, 0.29) is 0 Å². The predicted octanol–water partition coefficient (Wildman–Crippen LogP) is 2.14. The molecule has 2 fully saturated rings. The Morgan fingerprint density at radius 1 is 1.57 bits per heavy atom. The number of nitrogens with zero attached hydrogens (tertiary/aromatic N) is 1. The van der Waals surface area contributed by atoms with E-state index in [1.165, 1.54) is 31.8 Å². The predicted molar refractivity (Wildman–Crippen MR) is 53.1 cm³/mol. The second-order valence-electron chi connectivity index (χ2n) is 4.12. The molecule has 2 saturated carbocycles. The highest BCUT2D eigenvalue weighted by Gasteiger charge is 2.44. The summed E-state index contributed by atoms with van der Waals surface area (Å²) in [6, 6.07) is 1.43. The number of carbonyl (C=O) groups is 1. The lowest BCUT2D eigenvalue weighted by Crippen LogP contribution is -2.14. The van der Waals surface area contributed by atoms with Gasteiger partial charge in [0.1, 0.15) is 0 Å². The van der Waals surface area contributed by atoms with Crippen molar-refractivity contribution in [2.24, 2.45) is 17.8 Å². The molecule has 0 aliphatic heterocycles. The number of hydrogen-bond donors (Lipinski definition) is 0. The van der Waals surface area contributed by atoms with E-state index in [0.717, 1.165) is 35.5 Å². The fraction of sp³-hybridized carbons (Fsp3) is 0.800. The van der Waals surface area contributed by atoms with Gasteiger partial charge in [0, 0.05) is 5.75 Å². The summed E-state index contributed by atoms with van der Waals surface area (Å²) in [6.45, 7) is 0. The zero-order valence-electron chi connectivity index (χ0n) is 7.94. The second kappa shape index (κ2) is 4.22. The summed E-state index contributed by atoms with van der Waals surface area (Å²) >= 11 is 1.14. The van der Waals surface area contributed by atoms with E-state index < -0.39 is 5.97 Å². The topological polar surface area (TPSA) is 50.1 Å². The molecule has 0 spiro atoms. The lowest BCUT2D eigenvalue weighted by Gasteiger charge is -2.25. The van der Waals surface area contributed by atoms with Crippen LogP contribution < -0.4 is 0 Å². The molecule has 0 amide bonds. The van der Waals surface area contributed by atoms with Crippen LogP contribution in [0.15, 0.2) is 0 Å². The van der Waals surface area contributed by atoms with E-state index >= 15 is 0 Å². The molecule has 0 heterocycles. The Balaban J connectivity index is 1.56. The Morgan fingerprint density at radius 2 is 2.36 bits per heavy atom. The molecule has 14 heavy (non-hydrogen) atoms. The van der Waals surface area contributed by atoms with Gasteiger partial charge in [0.25, 0.3) is 0 Å². The molecule has 4 heteroatoms. The molecule has 0 saturated heterocycles. The number of rotatable bonds is 4. The zero-order chi connectivity index (χ0) is 9.97. The van der Waals surface area contributed by atoms with Crippen molar-refractivity contribution in [2.45, 2.75) is 25.7 Å². The van der Waals surface area contributed by atoms with E-state index in [2.05, 4.69) is 4.18 Å². The summed E-state index contributed by atoms with van der Waals surface area (Å²) in [5, 5.41) is 8.17. The van der Waals surface area contributed by atoms with Gasteiger partial charge in [0.15, 0.2) is 6.07 Å². The number of hydrogen-bond acceptors (Lipinski definition) is 4. The maximum absolute atomic E-state index is 10.5.